The molecule has 40 heavy (non-hydrogen) atoms. The summed E-state index contributed by atoms with van der Waals surface area (Å²) >= 11 is 0. The lowest BCUT2D eigenvalue weighted by atomic mass is 9.97. The molecule has 4 heteroatoms. The van der Waals surface area contributed by atoms with Crippen LogP contribution in [0.5, 0.6) is 11.5 Å². The van der Waals surface area contributed by atoms with E-state index in [1.165, 1.54) is 76.3 Å². The molecule has 0 aliphatic rings. The van der Waals surface area contributed by atoms with Crippen LogP contribution in [0.15, 0.2) is 72.8 Å². The van der Waals surface area contributed by atoms with Crippen LogP contribution in [0.4, 0.5) is 8.78 Å². The van der Waals surface area contributed by atoms with Gasteiger partial charge in [0, 0.05) is 12.0 Å². The van der Waals surface area contributed by atoms with Gasteiger partial charge in [-0.2, -0.15) is 0 Å². The van der Waals surface area contributed by atoms with Crippen LogP contribution in [-0.2, 0) is 12.3 Å². The molecule has 3 rings (SSSR count). The summed E-state index contributed by atoms with van der Waals surface area (Å²) in [5.41, 5.74) is 2.52. The van der Waals surface area contributed by atoms with E-state index in [0.29, 0.717) is 12.2 Å². The lowest BCUT2D eigenvalue weighted by Crippen LogP contribution is -2.16. The minimum absolute atomic E-state index is 0.0264. The van der Waals surface area contributed by atoms with E-state index < -0.39 is 5.92 Å². The number of hydrogen-bond acceptors (Lipinski definition) is 2. The van der Waals surface area contributed by atoms with Gasteiger partial charge in [0.15, 0.2) is 0 Å². The predicted octanol–water partition coefficient (Wildman–Crippen LogP) is 11.2. The van der Waals surface area contributed by atoms with Crippen molar-refractivity contribution in [2.24, 2.45) is 0 Å². The summed E-state index contributed by atoms with van der Waals surface area (Å²) in [6.07, 6.45) is 14.3. The monoisotopic (exact) mass is 550 g/mol. The fourth-order valence-corrected chi connectivity index (χ4v) is 4.86. The third-order valence-electron chi connectivity index (χ3n) is 7.38. The minimum atomic E-state index is -2.95. The summed E-state index contributed by atoms with van der Waals surface area (Å²) in [5.74, 6) is -1.36. The van der Waals surface area contributed by atoms with Crippen LogP contribution in [-0.4, -0.2) is 13.2 Å². The number of hydrogen-bond donors (Lipinski definition) is 0. The predicted molar refractivity (Wildman–Crippen MR) is 164 cm³/mol. The van der Waals surface area contributed by atoms with Gasteiger partial charge in [-0.1, -0.05) is 127 Å². The van der Waals surface area contributed by atoms with Gasteiger partial charge in [0.25, 0.3) is 5.92 Å². The van der Waals surface area contributed by atoms with Crippen LogP contribution in [0, 0.1) is 0 Å². The Morgan fingerprint density at radius 3 is 1.38 bits per heavy atom. The molecule has 0 N–H and O–H groups in total. The van der Waals surface area contributed by atoms with E-state index in [-0.39, 0.29) is 12.0 Å². The van der Waals surface area contributed by atoms with E-state index in [9.17, 15) is 0 Å². The van der Waals surface area contributed by atoms with Crippen LogP contribution in [0.2, 0.25) is 0 Å². The summed E-state index contributed by atoms with van der Waals surface area (Å²) in [6, 6.07) is 21.6. The zero-order valence-electron chi connectivity index (χ0n) is 24.6. The van der Waals surface area contributed by atoms with Gasteiger partial charge in [-0.3, -0.25) is 0 Å². The summed E-state index contributed by atoms with van der Waals surface area (Å²) in [5, 5.41) is 0. The molecule has 0 saturated carbocycles. The molecule has 0 saturated heterocycles. The van der Waals surface area contributed by atoms with Gasteiger partial charge in [0.05, 0.1) is 13.2 Å². The molecule has 0 radical (unpaired) electrons. The van der Waals surface area contributed by atoms with E-state index in [1.807, 2.05) is 24.3 Å². The Bertz CT molecular complexity index is 1060. The van der Waals surface area contributed by atoms with E-state index in [0.717, 1.165) is 42.1 Å². The molecule has 0 unspecified atom stereocenters. The fraction of sp³-hybridized carbons (Fsp3) is 0.500. The highest BCUT2D eigenvalue weighted by Crippen LogP contribution is 2.34. The first-order valence-electron chi connectivity index (χ1n) is 15.4. The smallest absolute Gasteiger partial charge is 0.277 e. The van der Waals surface area contributed by atoms with Crippen molar-refractivity contribution in [3.63, 3.8) is 0 Å². The molecule has 0 bridgehead atoms. The molecule has 0 atom stereocenters. The topological polar surface area (TPSA) is 18.5 Å². The van der Waals surface area contributed by atoms with Gasteiger partial charge in [-0.05, 0) is 53.8 Å². The Balaban J connectivity index is 1.44. The second kappa shape index (κ2) is 17.7. The second-order valence-corrected chi connectivity index (χ2v) is 10.9. The number of unbranched alkanes of at least 4 members (excludes halogenated alkanes) is 10. The highest BCUT2D eigenvalue weighted by atomic mass is 19.3. The number of benzene rings is 3. The molecule has 0 amide bonds. The Hall–Kier alpha value is -2.88. The van der Waals surface area contributed by atoms with Gasteiger partial charge in [-0.15, -0.1) is 0 Å². The van der Waals surface area contributed by atoms with Crippen molar-refractivity contribution in [1.82, 2.24) is 0 Å². The van der Waals surface area contributed by atoms with Crippen molar-refractivity contribution in [2.75, 3.05) is 13.2 Å². The largest absolute Gasteiger partial charge is 0.494 e. The molecular weight excluding hydrogens is 502 g/mol. The summed E-state index contributed by atoms with van der Waals surface area (Å²) in [4.78, 5) is 0. The van der Waals surface area contributed by atoms with E-state index in [2.05, 4.69) is 13.8 Å². The van der Waals surface area contributed by atoms with Gasteiger partial charge in [-0.25, -0.2) is 8.78 Å². The number of alkyl halides is 2. The number of rotatable bonds is 20. The zero-order valence-corrected chi connectivity index (χ0v) is 24.6. The van der Waals surface area contributed by atoms with Crippen molar-refractivity contribution in [3.05, 3.63) is 83.9 Å². The standard InChI is InChI=1S/C36H48F2O2/c1-3-5-7-9-11-13-27-39-34-23-15-30(16-24-34)29-36(37,38)33-21-17-31(18-22-33)32-19-25-35(26-20-32)40-28-14-12-10-8-6-4-2/h15-26H,3-14,27-29H2,1-2H3. The van der Waals surface area contributed by atoms with E-state index in [4.69, 9.17) is 9.47 Å². The third-order valence-corrected chi connectivity index (χ3v) is 7.38. The van der Waals surface area contributed by atoms with Crippen LogP contribution >= 0.6 is 0 Å². The molecule has 218 valence electrons. The lowest BCUT2D eigenvalue weighted by molar-refractivity contribution is -0.00382. The van der Waals surface area contributed by atoms with Gasteiger partial charge < -0.3 is 9.47 Å². The van der Waals surface area contributed by atoms with E-state index in [1.54, 1.807) is 36.4 Å². The van der Waals surface area contributed by atoms with Crippen LogP contribution in [0.25, 0.3) is 11.1 Å². The second-order valence-electron chi connectivity index (χ2n) is 10.9. The third kappa shape index (κ3) is 11.3. The Morgan fingerprint density at radius 1 is 0.500 bits per heavy atom. The molecule has 2 nitrogen and oxygen atoms in total. The normalized spacial score (nSPS) is 11.5. The summed E-state index contributed by atoms with van der Waals surface area (Å²) in [6.45, 7) is 5.84. The lowest BCUT2D eigenvalue weighted by Gasteiger charge is -2.18. The van der Waals surface area contributed by atoms with Crippen molar-refractivity contribution in [3.8, 4) is 22.6 Å². The first-order chi connectivity index (χ1) is 19.5. The Labute approximate surface area is 241 Å². The highest BCUT2D eigenvalue weighted by molar-refractivity contribution is 5.64. The van der Waals surface area contributed by atoms with Gasteiger partial charge >= 0.3 is 0 Å². The first kappa shape index (κ1) is 31.6. The maximum Gasteiger partial charge on any atom is 0.277 e. The quantitative estimate of drug-likeness (QED) is 0.130. The summed E-state index contributed by atoms with van der Waals surface area (Å²) < 4.78 is 41.8. The Kier molecular flexibility index (Phi) is 14.0. The molecule has 3 aromatic carbocycles. The average molecular weight is 551 g/mol. The summed E-state index contributed by atoms with van der Waals surface area (Å²) in [7, 11) is 0. The van der Waals surface area contributed by atoms with Crippen LogP contribution in [0.3, 0.4) is 0 Å². The van der Waals surface area contributed by atoms with Gasteiger partial charge in [0.1, 0.15) is 11.5 Å². The number of halogens is 2. The van der Waals surface area contributed by atoms with Gasteiger partial charge in [0.2, 0.25) is 0 Å². The fourth-order valence-electron chi connectivity index (χ4n) is 4.86. The number of ether oxygens (including phenoxy) is 2. The SMILES string of the molecule is CCCCCCCCOc1ccc(CC(F)(F)c2ccc(-c3ccc(OCCCCCCCC)cc3)cc2)cc1. The van der Waals surface area contributed by atoms with Crippen molar-refractivity contribution in [1.29, 1.82) is 0 Å². The molecule has 0 aliphatic heterocycles. The first-order valence-corrected chi connectivity index (χ1v) is 15.4. The maximum atomic E-state index is 15.1. The van der Waals surface area contributed by atoms with Crippen LogP contribution < -0.4 is 9.47 Å². The molecule has 0 fully saturated rings. The van der Waals surface area contributed by atoms with Crippen LogP contribution in [0.1, 0.15) is 102 Å². The van der Waals surface area contributed by atoms with Crippen molar-refractivity contribution >= 4 is 0 Å². The van der Waals surface area contributed by atoms with Crippen molar-refractivity contribution < 1.29 is 18.3 Å². The van der Waals surface area contributed by atoms with Crippen molar-refractivity contribution in [2.45, 2.75) is 103 Å². The molecular formula is C36H48F2O2. The van der Waals surface area contributed by atoms with E-state index >= 15 is 8.78 Å². The molecule has 0 aliphatic carbocycles. The molecule has 0 spiro atoms. The minimum Gasteiger partial charge on any atom is -0.494 e. The highest BCUT2D eigenvalue weighted by Gasteiger charge is 2.31. The average Bonchev–Trinajstić information content (AvgIpc) is 2.97. The Morgan fingerprint density at radius 2 is 0.900 bits per heavy atom. The molecule has 0 aromatic heterocycles. The maximum absolute atomic E-state index is 15.1. The zero-order chi connectivity index (χ0) is 28.5. The molecule has 3 aromatic rings. The molecule has 0 heterocycles.